The van der Waals surface area contributed by atoms with E-state index >= 15 is 0 Å². The van der Waals surface area contributed by atoms with Gasteiger partial charge in [0.25, 0.3) is 11.8 Å². The van der Waals surface area contributed by atoms with E-state index in [4.69, 9.17) is 23.7 Å². The molecule has 15 heteroatoms. The van der Waals surface area contributed by atoms with Gasteiger partial charge in [0, 0.05) is 47.0 Å². The van der Waals surface area contributed by atoms with Crippen LogP contribution in [0.1, 0.15) is 78.4 Å². The number of phenolic OH excluding ortho intramolecular Hbond substituents is 1. The Labute approximate surface area is 314 Å². The SMILES string of the molecule is COc1c(C)cc2c(c1O)[C@@H]1C3[C@@H]4SC[C@H](N5C(=O)c6ccccc6C5=O)C(=O)OC[C@H](c5c6c(c(C)c(OC(C)=O)c54)OCO6)N3[C@@H](C#N)[C@@H](C2)N1C. The summed E-state index contributed by atoms with van der Waals surface area (Å²) in [4.78, 5) is 59.7. The van der Waals surface area contributed by atoms with Crippen LogP contribution in [0.5, 0.6) is 28.7 Å². The van der Waals surface area contributed by atoms with Gasteiger partial charge in [-0.1, -0.05) is 18.2 Å². The highest BCUT2D eigenvalue weighted by atomic mass is 32.2. The summed E-state index contributed by atoms with van der Waals surface area (Å²) in [5.41, 5.74) is 4.38. The molecule has 0 saturated carbocycles. The van der Waals surface area contributed by atoms with Crippen LogP contribution in [0, 0.1) is 25.2 Å². The number of ether oxygens (including phenoxy) is 5. The summed E-state index contributed by atoms with van der Waals surface area (Å²) in [6.45, 7) is 4.55. The lowest BCUT2D eigenvalue weighted by atomic mass is 9.71. The normalized spacial score (nSPS) is 28.0. The number of nitrogens with zero attached hydrogens (tertiary/aromatic N) is 4. The lowest BCUT2D eigenvalue weighted by Gasteiger charge is -2.61. The van der Waals surface area contributed by atoms with Crippen LogP contribution in [-0.4, -0.2) is 101 Å². The van der Waals surface area contributed by atoms with Crippen molar-refractivity contribution in [2.24, 2.45) is 0 Å². The first-order valence-electron chi connectivity index (χ1n) is 17.7. The lowest BCUT2D eigenvalue weighted by molar-refractivity contribution is -0.153. The van der Waals surface area contributed by atoms with Gasteiger partial charge in [-0.3, -0.25) is 29.1 Å². The molecular weight excluding hydrogens is 717 g/mol. The van der Waals surface area contributed by atoms with Gasteiger partial charge in [-0.15, -0.1) is 11.8 Å². The number of phenols is 1. The molecule has 0 aliphatic carbocycles. The van der Waals surface area contributed by atoms with E-state index in [0.29, 0.717) is 45.9 Å². The van der Waals surface area contributed by atoms with Gasteiger partial charge in [-0.05, 0) is 50.6 Å². The second kappa shape index (κ2) is 12.4. The molecule has 10 rings (SSSR count). The number of amides is 2. The summed E-state index contributed by atoms with van der Waals surface area (Å²) in [7, 11) is 3.44. The van der Waals surface area contributed by atoms with Crippen LogP contribution >= 0.6 is 11.8 Å². The number of likely N-dealkylation sites (N-methyl/N-ethyl adjacent to an activating group) is 1. The number of carbonyl (C=O) groups excluding carboxylic acids is 4. The van der Waals surface area contributed by atoms with Gasteiger partial charge in [-0.2, -0.15) is 5.26 Å². The summed E-state index contributed by atoms with van der Waals surface area (Å²) in [6, 6.07) is 6.63. The molecule has 0 radical (unpaired) electrons. The summed E-state index contributed by atoms with van der Waals surface area (Å²) in [5.74, 6) is -1.24. The number of nitriles is 1. The maximum Gasteiger partial charge on any atom is 0.330 e. The fourth-order valence-corrected chi connectivity index (χ4v) is 11.2. The number of aromatic hydroxyl groups is 1. The first-order chi connectivity index (χ1) is 26.0. The Bertz CT molecular complexity index is 2220. The summed E-state index contributed by atoms with van der Waals surface area (Å²) in [5, 5.41) is 22.3. The number of piperazine rings is 1. The average Bonchev–Trinajstić information content (AvgIpc) is 3.73. The first-order valence-corrected chi connectivity index (χ1v) is 18.7. The van der Waals surface area contributed by atoms with Crippen LogP contribution in [0.4, 0.5) is 0 Å². The third kappa shape index (κ3) is 4.59. The molecule has 1 unspecified atom stereocenters. The van der Waals surface area contributed by atoms with Crippen molar-refractivity contribution in [2.45, 2.75) is 68.7 Å². The Hall–Kier alpha value is -5.30. The molecule has 278 valence electrons. The number of imide groups is 1. The number of thioether (sulfide) groups is 1. The van der Waals surface area contributed by atoms with Gasteiger partial charge < -0.3 is 28.8 Å². The van der Waals surface area contributed by atoms with Crippen molar-refractivity contribution in [1.82, 2.24) is 14.7 Å². The van der Waals surface area contributed by atoms with Gasteiger partial charge >= 0.3 is 11.9 Å². The number of benzene rings is 3. The molecule has 7 atom stereocenters. The lowest BCUT2D eigenvalue weighted by Crippen LogP contribution is -2.69. The van der Waals surface area contributed by atoms with E-state index in [0.717, 1.165) is 16.0 Å². The van der Waals surface area contributed by atoms with Crippen molar-refractivity contribution in [3.63, 3.8) is 0 Å². The number of fused-ring (bicyclic) bond motifs is 11. The molecule has 7 aliphatic rings. The fourth-order valence-electron chi connectivity index (χ4n) is 9.63. The third-order valence-corrected chi connectivity index (χ3v) is 13.2. The van der Waals surface area contributed by atoms with Crippen LogP contribution in [0.2, 0.25) is 0 Å². The minimum atomic E-state index is -1.30. The zero-order chi connectivity index (χ0) is 37.9. The molecule has 3 aromatic rings. The molecule has 1 N–H and O–H groups in total. The monoisotopic (exact) mass is 752 g/mol. The molecule has 2 saturated heterocycles. The number of aryl methyl sites for hydroxylation is 1. The molecule has 0 spiro atoms. The zero-order valence-electron chi connectivity index (χ0n) is 30.1. The minimum Gasteiger partial charge on any atom is -0.504 e. The Morgan fingerprint density at radius 1 is 1.00 bits per heavy atom. The molecule has 2 fully saturated rings. The maximum absolute atomic E-state index is 14.2. The molecule has 7 heterocycles. The Morgan fingerprint density at radius 3 is 2.37 bits per heavy atom. The molecule has 2 amide bonds. The standard InChI is InChI=1S/C39H36N4O10S/c1-16-10-19-11-22-23(12-40)42-24-13-50-39(48)25(43-37(46)20-8-6-7-9-21(20)38(43)47)14-54-36(30(42)29(41(22)4)26(19)31(45)32(16)49-5)28-27(24)35-34(51-15-52-35)17(2)33(28)53-18(3)44/h6-10,22-25,29-30,36,45H,11,13-15H2,1-5H3/t22-,23+,24-,25+,29-,30?,36-/m1/s1. The highest BCUT2D eigenvalue weighted by Crippen LogP contribution is 2.64. The quantitative estimate of drug-likeness (QED) is 0.232. The average molecular weight is 753 g/mol. The highest BCUT2D eigenvalue weighted by molar-refractivity contribution is 7.99. The van der Waals surface area contributed by atoms with E-state index in [1.165, 1.54) is 25.8 Å². The van der Waals surface area contributed by atoms with E-state index in [9.17, 15) is 29.5 Å². The number of hydrogen-bond donors (Lipinski definition) is 1. The van der Waals surface area contributed by atoms with Gasteiger partial charge in [0.15, 0.2) is 23.0 Å². The van der Waals surface area contributed by atoms with Gasteiger partial charge in [0.05, 0.1) is 41.6 Å². The molecule has 7 aliphatic heterocycles. The van der Waals surface area contributed by atoms with E-state index in [2.05, 4.69) is 15.9 Å². The molecule has 3 aromatic carbocycles. The smallest absolute Gasteiger partial charge is 0.330 e. The maximum atomic E-state index is 14.2. The van der Waals surface area contributed by atoms with Gasteiger partial charge in [0.2, 0.25) is 6.79 Å². The van der Waals surface area contributed by atoms with Crippen molar-refractivity contribution < 1.29 is 48.0 Å². The first kappa shape index (κ1) is 34.5. The van der Waals surface area contributed by atoms with Crippen molar-refractivity contribution >= 4 is 35.5 Å². The zero-order valence-corrected chi connectivity index (χ0v) is 30.9. The highest BCUT2D eigenvalue weighted by Gasteiger charge is 2.61. The largest absolute Gasteiger partial charge is 0.504 e. The predicted molar refractivity (Wildman–Crippen MR) is 191 cm³/mol. The number of carbonyl (C=O) groups is 4. The number of methoxy groups -OCH3 is 1. The van der Waals surface area contributed by atoms with E-state index < -0.39 is 59.2 Å². The fraction of sp³-hybridized carbons (Fsp3) is 0.410. The molecule has 14 nitrogen and oxygen atoms in total. The molecule has 4 bridgehead atoms. The summed E-state index contributed by atoms with van der Waals surface area (Å²) >= 11 is 1.29. The summed E-state index contributed by atoms with van der Waals surface area (Å²) in [6.07, 6.45) is 0.450. The topological polar surface area (TPSA) is 168 Å². The van der Waals surface area contributed by atoms with E-state index in [1.54, 1.807) is 31.2 Å². The Balaban J connectivity index is 1.29. The minimum absolute atomic E-state index is 0.00578. The van der Waals surface area contributed by atoms with Crippen molar-refractivity contribution in [1.29, 1.82) is 5.26 Å². The number of esters is 2. The van der Waals surface area contributed by atoms with Crippen LogP contribution < -0.4 is 18.9 Å². The summed E-state index contributed by atoms with van der Waals surface area (Å²) < 4.78 is 30.0. The Morgan fingerprint density at radius 2 is 1.70 bits per heavy atom. The number of hydrogen-bond acceptors (Lipinski definition) is 14. The van der Waals surface area contributed by atoms with E-state index in [-0.39, 0.29) is 47.8 Å². The number of rotatable bonds is 3. The van der Waals surface area contributed by atoms with Gasteiger partial charge in [0.1, 0.15) is 24.4 Å². The third-order valence-electron chi connectivity index (χ3n) is 11.8. The predicted octanol–water partition coefficient (Wildman–Crippen LogP) is 3.90. The van der Waals surface area contributed by atoms with Crippen molar-refractivity contribution in [3.8, 4) is 34.8 Å². The van der Waals surface area contributed by atoms with Crippen molar-refractivity contribution in [3.05, 3.63) is 74.8 Å². The second-order valence-corrected chi connectivity index (χ2v) is 15.6. The molecular formula is C39H36N4O10S. The van der Waals surface area contributed by atoms with Crippen LogP contribution in [0.15, 0.2) is 30.3 Å². The van der Waals surface area contributed by atoms with E-state index in [1.807, 2.05) is 20.0 Å². The van der Waals surface area contributed by atoms with Crippen LogP contribution in [-0.2, 0) is 20.7 Å². The van der Waals surface area contributed by atoms with Crippen molar-refractivity contribution in [2.75, 3.05) is 33.3 Å². The van der Waals surface area contributed by atoms with Crippen LogP contribution in [0.25, 0.3) is 0 Å². The molecule has 0 aromatic heterocycles. The second-order valence-electron chi connectivity index (χ2n) is 14.4. The Kier molecular flexibility index (Phi) is 7.90. The molecule has 54 heavy (non-hydrogen) atoms. The van der Waals surface area contributed by atoms with Gasteiger partial charge in [-0.25, -0.2) is 4.79 Å². The van der Waals surface area contributed by atoms with Crippen LogP contribution in [0.3, 0.4) is 0 Å².